The minimum Gasteiger partial charge on any atom is -0.337 e. The lowest BCUT2D eigenvalue weighted by molar-refractivity contribution is -0.147. The minimum absolute atomic E-state index is 0.103. The second kappa shape index (κ2) is 7.29. The van der Waals surface area contributed by atoms with Crippen molar-refractivity contribution in [2.45, 2.75) is 44.9 Å². The Morgan fingerprint density at radius 1 is 1.04 bits per heavy atom. The van der Waals surface area contributed by atoms with Gasteiger partial charge in [-0.1, -0.05) is 55.7 Å². The van der Waals surface area contributed by atoms with Gasteiger partial charge < -0.3 is 4.90 Å². The lowest BCUT2D eigenvalue weighted by atomic mass is 9.73. The Bertz CT molecular complexity index is 778. The number of benzene rings is 1. The summed E-state index contributed by atoms with van der Waals surface area (Å²) in [6.45, 7) is 1.05. The summed E-state index contributed by atoms with van der Waals surface area (Å²) >= 11 is 0. The van der Waals surface area contributed by atoms with Crippen LogP contribution in [0.25, 0.3) is 5.57 Å². The molecule has 2 heterocycles. The lowest BCUT2D eigenvalue weighted by Gasteiger charge is -2.31. The van der Waals surface area contributed by atoms with E-state index in [9.17, 15) is 14.4 Å². The van der Waals surface area contributed by atoms with Gasteiger partial charge in [-0.2, -0.15) is 0 Å². The molecule has 1 spiro atoms. The fourth-order valence-electron chi connectivity index (χ4n) is 4.68. The summed E-state index contributed by atoms with van der Waals surface area (Å²) in [6, 6.07) is 10.2. The highest BCUT2D eigenvalue weighted by atomic mass is 16.2. The Kier molecular flexibility index (Phi) is 4.85. The second-order valence-corrected chi connectivity index (χ2v) is 7.99. The highest BCUT2D eigenvalue weighted by Crippen LogP contribution is 2.45. The van der Waals surface area contributed by atoms with E-state index in [1.165, 1.54) is 16.0 Å². The molecule has 1 aromatic carbocycles. The molecule has 0 aromatic heterocycles. The summed E-state index contributed by atoms with van der Waals surface area (Å²) in [6.07, 6.45) is 7.86. The van der Waals surface area contributed by atoms with Gasteiger partial charge in [-0.15, -0.1) is 0 Å². The first-order valence-electron chi connectivity index (χ1n) is 9.96. The number of carbonyl (C=O) groups excluding carboxylic acids is 3. The smallest absolute Gasteiger partial charge is 0.243 e. The van der Waals surface area contributed by atoms with Crippen LogP contribution < -0.4 is 0 Å². The van der Waals surface area contributed by atoms with E-state index in [-0.39, 0.29) is 30.7 Å². The maximum atomic E-state index is 12.9. The summed E-state index contributed by atoms with van der Waals surface area (Å²) < 4.78 is 0. The van der Waals surface area contributed by atoms with Gasteiger partial charge in [0.15, 0.2) is 0 Å². The maximum absolute atomic E-state index is 12.9. The molecule has 1 saturated heterocycles. The molecule has 0 radical (unpaired) electrons. The second-order valence-electron chi connectivity index (χ2n) is 7.99. The van der Waals surface area contributed by atoms with Crippen LogP contribution in [0.4, 0.5) is 0 Å². The van der Waals surface area contributed by atoms with E-state index in [0.717, 1.165) is 38.5 Å². The van der Waals surface area contributed by atoms with Gasteiger partial charge in [0, 0.05) is 19.5 Å². The van der Waals surface area contributed by atoms with Crippen LogP contribution in [0.5, 0.6) is 0 Å². The molecule has 5 nitrogen and oxygen atoms in total. The third-order valence-electron chi connectivity index (χ3n) is 6.30. The molecule has 5 heteroatoms. The summed E-state index contributed by atoms with van der Waals surface area (Å²) in [4.78, 5) is 41.0. The molecule has 2 aliphatic heterocycles. The monoisotopic (exact) mass is 366 g/mol. The predicted octanol–water partition coefficient (Wildman–Crippen LogP) is 3.01. The normalized spacial score (nSPS) is 22.3. The molecule has 1 saturated carbocycles. The Labute approximate surface area is 160 Å². The highest BCUT2D eigenvalue weighted by Gasteiger charge is 2.51. The van der Waals surface area contributed by atoms with Gasteiger partial charge in [-0.25, -0.2) is 0 Å². The number of carbonyl (C=O) groups is 3. The molecule has 27 heavy (non-hydrogen) atoms. The Morgan fingerprint density at radius 2 is 1.78 bits per heavy atom. The van der Waals surface area contributed by atoms with Gasteiger partial charge in [0.1, 0.15) is 6.54 Å². The van der Waals surface area contributed by atoms with Crippen molar-refractivity contribution in [3.63, 3.8) is 0 Å². The average Bonchev–Trinajstić information content (AvgIpc) is 2.93. The van der Waals surface area contributed by atoms with Crippen LogP contribution in [0.3, 0.4) is 0 Å². The molecular formula is C22H26N2O3. The summed E-state index contributed by atoms with van der Waals surface area (Å²) in [5.74, 6) is -0.418. The third kappa shape index (κ3) is 3.43. The Hall–Kier alpha value is -2.43. The van der Waals surface area contributed by atoms with E-state index in [4.69, 9.17) is 0 Å². The number of hydrogen-bond acceptors (Lipinski definition) is 3. The number of amides is 3. The summed E-state index contributed by atoms with van der Waals surface area (Å²) in [7, 11) is 0. The fourth-order valence-corrected chi connectivity index (χ4v) is 4.68. The van der Waals surface area contributed by atoms with Crippen molar-refractivity contribution in [3.8, 4) is 0 Å². The Morgan fingerprint density at radius 3 is 2.44 bits per heavy atom. The van der Waals surface area contributed by atoms with E-state index in [1.807, 2.05) is 18.2 Å². The highest BCUT2D eigenvalue weighted by molar-refractivity contribution is 6.08. The fraction of sp³-hybridized carbons (Fsp3) is 0.500. The number of imide groups is 1. The quantitative estimate of drug-likeness (QED) is 0.773. The maximum Gasteiger partial charge on any atom is 0.243 e. The standard InChI is InChI=1S/C22H26N2O3/c25-19-15-22(11-5-2-6-12-22)21(27)24(19)16-20(26)23-13-9-18(10-14-23)17-7-3-1-4-8-17/h1,3-4,7-9H,2,5-6,10-16H2. The first-order chi connectivity index (χ1) is 13.1. The molecule has 3 amide bonds. The molecule has 1 aromatic rings. The third-order valence-corrected chi connectivity index (χ3v) is 6.30. The average molecular weight is 366 g/mol. The van der Waals surface area contributed by atoms with E-state index < -0.39 is 5.41 Å². The van der Waals surface area contributed by atoms with Gasteiger partial charge in [-0.05, 0) is 30.4 Å². The van der Waals surface area contributed by atoms with Crippen LogP contribution >= 0.6 is 0 Å². The van der Waals surface area contributed by atoms with E-state index in [1.54, 1.807) is 4.90 Å². The topological polar surface area (TPSA) is 57.7 Å². The molecule has 1 aliphatic carbocycles. The van der Waals surface area contributed by atoms with Crippen LogP contribution in [-0.2, 0) is 14.4 Å². The van der Waals surface area contributed by atoms with Crippen molar-refractivity contribution < 1.29 is 14.4 Å². The number of likely N-dealkylation sites (tertiary alicyclic amines) is 1. The largest absolute Gasteiger partial charge is 0.337 e. The molecule has 2 fully saturated rings. The summed E-state index contributed by atoms with van der Waals surface area (Å²) in [5, 5.41) is 0. The molecule has 4 rings (SSSR count). The van der Waals surface area contributed by atoms with Crippen molar-refractivity contribution in [1.29, 1.82) is 0 Å². The zero-order chi connectivity index (χ0) is 18.9. The first kappa shape index (κ1) is 18.0. The van der Waals surface area contributed by atoms with E-state index >= 15 is 0 Å². The first-order valence-corrected chi connectivity index (χ1v) is 9.96. The predicted molar refractivity (Wildman–Crippen MR) is 102 cm³/mol. The Balaban J connectivity index is 1.39. The van der Waals surface area contributed by atoms with Crippen LogP contribution in [0, 0.1) is 5.41 Å². The van der Waals surface area contributed by atoms with Crippen molar-refractivity contribution in [3.05, 3.63) is 42.0 Å². The van der Waals surface area contributed by atoms with Crippen LogP contribution in [-0.4, -0.2) is 47.2 Å². The minimum atomic E-state index is -0.516. The van der Waals surface area contributed by atoms with Gasteiger partial charge in [0.25, 0.3) is 0 Å². The zero-order valence-corrected chi connectivity index (χ0v) is 15.7. The van der Waals surface area contributed by atoms with Crippen LogP contribution in [0.2, 0.25) is 0 Å². The number of nitrogens with zero attached hydrogens (tertiary/aromatic N) is 2. The van der Waals surface area contributed by atoms with Gasteiger partial charge in [-0.3, -0.25) is 19.3 Å². The van der Waals surface area contributed by atoms with Crippen molar-refractivity contribution in [2.75, 3.05) is 19.6 Å². The number of rotatable bonds is 3. The molecule has 142 valence electrons. The van der Waals surface area contributed by atoms with Crippen molar-refractivity contribution in [1.82, 2.24) is 9.80 Å². The molecule has 0 atom stereocenters. The van der Waals surface area contributed by atoms with Gasteiger partial charge in [0.05, 0.1) is 5.41 Å². The van der Waals surface area contributed by atoms with Crippen LogP contribution in [0.15, 0.2) is 36.4 Å². The number of hydrogen-bond donors (Lipinski definition) is 0. The zero-order valence-electron chi connectivity index (χ0n) is 15.7. The van der Waals surface area contributed by atoms with E-state index in [2.05, 4.69) is 18.2 Å². The lowest BCUT2D eigenvalue weighted by Crippen LogP contribution is -2.45. The van der Waals surface area contributed by atoms with Gasteiger partial charge >= 0.3 is 0 Å². The SMILES string of the molecule is O=C(CN1C(=O)CC2(CCCCC2)C1=O)N1CC=C(c2ccccc2)CC1. The molecule has 0 bridgehead atoms. The van der Waals surface area contributed by atoms with Crippen LogP contribution in [0.1, 0.15) is 50.5 Å². The van der Waals surface area contributed by atoms with Gasteiger partial charge in [0.2, 0.25) is 17.7 Å². The van der Waals surface area contributed by atoms with E-state index in [0.29, 0.717) is 13.1 Å². The molecular weight excluding hydrogens is 340 g/mol. The molecule has 0 N–H and O–H groups in total. The molecule has 0 unspecified atom stereocenters. The van der Waals surface area contributed by atoms with Crippen molar-refractivity contribution >= 4 is 23.3 Å². The van der Waals surface area contributed by atoms with Crippen molar-refractivity contribution in [2.24, 2.45) is 5.41 Å². The molecule has 3 aliphatic rings. The summed E-state index contributed by atoms with van der Waals surface area (Å²) in [5.41, 5.74) is 1.92.